The predicted molar refractivity (Wildman–Crippen MR) is 141 cm³/mol. The zero-order valence-electron chi connectivity index (χ0n) is 20.6. The number of rotatable bonds is 12. The highest BCUT2D eigenvalue weighted by atomic mass is 35.5. The SMILES string of the molecule is COCCOCC(=O)NCC[C@@H](NC(=O)c1ccc(Cl)s1)C(=O)Nc1ccc2c(c1)CCN(C)CC2. The first-order valence-corrected chi connectivity index (χ1v) is 13.1. The largest absolute Gasteiger partial charge is 0.382 e. The number of hydrogen-bond donors (Lipinski definition) is 3. The summed E-state index contributed by atoms with van der Waals surface area (Å²) in [4.78, 5) is 40.6. The molecule has 2 heterocycles. The Morgan fingerprint density at radius 3 is 2.61 bits per heavy atom. The molecular weight excluding hydrogens is 504 g/mol. The maximum atomic E-state index is 13.2. The highest BCUT2D eigenvalue weighted by molar-refractivity contribution is 7.18. The van der Waals surface area contributed by atoms with Gasteiger partial charge in [0.1, 0.15) is 12.6 Å². The zero-order chi connectivity index (χ0) is 25.9. The first-order valence-electron chi connectivity index (χ1n) is 11.9. The molecule has 3 N–H and O–H groups in total. The van der Waals surface area contributed by atoms with Crippen molar-refractivity contribution in [3.8, 4) is 0 Å². The molecule has 1 atom stereocenters. The van der Waals surface area contributed by atoms with Gasteiger partial charge in [0, 0.05) is 32.4 Å². The van der Waals surface area contributed by atoms with Crippen LogP contribution in [0.2, 0.25) is 4.34 Å². The van der Waals surface area contributed by atoms with Gasteiger partial charge in [-0.15, -0.1) is 11.3 Å². The van der Waals surface area contributed by atoms with E-state index in [4.69, 9.17) is 21.1 Å². The predicted octanol–water partition coefficient (Wildman–Crippen LogP) is 2.34. The number of ether oxygens (including phenoxy) is 2. The van der Waals surface area contributed by atoms with Crippen LogP contribution in [-0.4, -0.2) is 82.3 Å². The molecule has 1 aromatic carbocycles. The minimum Gasteiger partial charge on any atom is -0.382 e. The van der Waals surface area contributed by atoms with Gasteiger partial charge in [-0.3, -0.25) is 14.4 Å². The van der Waals surface area contributed by atoms with Gasteiger partial charge in [-0.2, -0.15) is 0 Å². The van der Waals surface area contributed by atoms with Crippen molar-refractivity contribution in [2.75, 3.05) is 58.9 Å². The number of nitrogens with zero attached hydrogens (tertiary/aromatic N) is 1. The highest BCUT2D eigenvalue weighted by Crippen LogP contribution is 2.22. The summed E-state index contributed by atoms with van der Waals surface area (Å²) in [5.74, 6) is -1.06. The fourth-order valence-corrected chi connectivity index (χ4v) is 4.74. The minimum atomic E-state index is -0.863. The quantitative estimate of drug-likeness (QED) is 0.359. The topological polar surface area (TPSA) is 109 Å². The number of likely N-dealkylation sites (N-methyl/N-ethyl adjacent to an activating group) is 1. The molecule has 0 unspecified atom stereocenters. The summed E-state index contributed by atoms with van der Waals surface area (Å²) in [5, 5.41) is 8.42. The summed E-state index contributed by atoms with van der Waals surface area (Å²) < 4.78 is 10.6. The number of carbonyl (C=O) groups excluding carboxylic acids is 3. The molecule has 1 aromatic heterocycles. The van der Waals surface area contributed by atoms with E-state index < -0.39 is 11.9 Å². The molecule has 0 spiro atoms. The van der Waals surface area contributed by atoms with Crippen LogP contribution in [0, 0.1) is 0 Å². The summed E-state index contributed by atoms with van der Waals surface area (Å²) in [7, 11) is 3.66. The van der Waals surface area contributed by atoms with E-state index in [1.807, 2.05) is 12.1 Å². The molecule has 3 rings (SSSR count). The number of nitrogens with one attached hydrogen (secondary N) is 3. The molecule has 0 aliphatic carbocycles. The number of fused-ring (bicyclic) bond motifs is 1. The Hall–Kier alpha value is -2.50. The van der Waals surface area contributed by atoms with E-state index in [0.29, 0.717) is 28.1 Å². The molecule has 1 aliphatic heterocycles. The molecule has 11 heteroatoms. The number of thiophene rings is 1. The van der Waals surface area contributed by atoms with E-state index in [2.05, 4.69) is 34.0 Å². The van der Waals surface area contributed by atoms with Gasteiger partial charge < -0.3 is 30.3 Å². The maximum Gasteiger partial charge on any atom is 0.262 e. The number of benzene rings is 1. The van der Waals surface area contributed by atoms with Crippen LogP contribution >= 0.6 is 22.9 Å². The normalized spacial score (nSPS) is 14.4. The van der Waals surface area contributed by atoms with Crippen molar-refractivity contribution < 1.29 is 23.9 Å². The lowest BCUT2D eigenvalue weighted by Gasteiger charge is -2.19. The van der Waals surface area contributed by atoms with Gasteiger partial charge in [0.05, 0.1) is 22.4 Å². The molecule has 1 aliphatic rings. The van der Waals surface area contributed by atoms with E-state index in [9.17, 15) is 14.4 Å². The second-order valence-corrected chi connectivity index (χ2v) is 10.3. The molecule has 0 fully saturated rings. The first-order chi connectivity index (χ1) is 17.4. The van der Waals surface area contributed by atoms with Crippen molar-refractivity contribution in [2.45, 2.75) is 25.3 Å². The lowest BCUT2D eigenvalue weighted by atomic mass is 10.0. The fourth-order valence-electron chi connectivity index (χ4n) is 3.79. The van der Waals surface area contributed by atoms with Crippen LogP contribution in [0.1, 0.15) is 27.2 Å². The van der Waals surface area contributed by atoms with Gasteiger partial charge in [-0.1, -0.05) is 17.7 Å². The van der Waals surface area contributed by atoms with Crippen LogP contribution in [0.3, 0.4) is 0 Å². The number of anilines is 1. The fraction of sp³-hybridized carbons (Fsp3) is 0.480. The van der Waals surface area contributed by atoms with Gasteiger partial charge in [-0.05, 0) is 61.7 Å². The Balaban J connectivity index is 1.62. The molecule has 9 nitrogen and oxygen atoms in total. The van der Waals surface area contributed by atoms with Crippen LogP contribution < -0.4 is 16.0 Å². The van der Waals surface area contributed by atoms with Gasteiger partial charge in [0.15, 0.2) is 0 Å². The molecular formula is C25H33ClN4O5S. The zero-order valence-corrected chi connectivity index (χ0v) is 22.2. The minimum absolute atomic E-state index is 0.107. The third-order valence-electron chi connectivity index (χ3n) is 5.84. The summed E-state index contributed by atoms with van der Waals surface area (Å²) in [5.41, 5.74) is 3.18. The van der Waals surface area contributed by atoms with Crippen LogP contribution in [0.15, 0.2) is 30.3 Å². The number of halogens is 1. The van der Waals surface area contributed by atoms with Gasteiger partial charge >= 0.3 is 0 Å². The molecule has 2 aromatic rings. The molecule has 0 saturated heterocycles. The van der Waals surface area contributed by atoms with Gasteiger partial charge in [0.2, 0.25) is 11.8 Å². The summed E-state index contributed by atoms with van der Waals surface area (Å²) in [6, 6.07) is 8.32. The molecule has 0 saturated carbocycles. The van der Waals surface area contributed by atoms with Gasteiger partial charge in [0.25, 0.3) is 5.91 Å². The summed E-state index contributed by atoms with van der Waals surface area (Å²) in [6.07, 6.45) is 2.08. The standard InChI is InChI=1S/C25H33ClN4O5S/c1-30-11-8-17-3-4-19(15-18(17)9-12-30)28-24(32)20(29-25(33)21-5-6-22(26)36-21)7-10-27-23(31)16-35-14-13-34-2/h3-6,15,20H,7-14,16H2,1-2H3,(H,27,31)(H,28,32)(H,29,33)/t20-/m1/s1. The Bertz CT molecular complexity index is 1050. The number of amides is 3. The van der Waals surface area contributed by atoms with Crippen LogP contribution in [0.25, 0.3) is 0 Å². The van der Waals surface area contributed by atoms with E-state index in [1.54, 1.807) is 19.2 Å². The summed E-state index contributed by atoms with van der Waals surface area (Å²) in [6.45, 7) is 2.75. The molecule has 3 amide bonds. The number of carbonyl (C=O) groups is 3. The third kappa shape index (κ3) is 8.86. The van der Waals surface area contributed by atoms with Crippen molar-refractivity contribution in [1.29, 1.82) is 0 Å². The Morgan fingerprint density at radius 2 is 1.89 bits per heavy atom. The van der Waals surface area contributed by atoms with Crippen molar-refractivity contribution in [1.82, 2.24) is 15.5 Å². The lowest BCUT2D eigenvalue weighted by molar-refractivity contribution is -0.126. The lowest BCUT2D eigenvalue weighted by Crippen LogP contribution is -2.45. The van der Waals surface area contributed by atoms with Gasteiger partial charge in [-0.25, -0.2) is 0 Å². The Morgan fingerprint density at radius 1 is 1.11 bits per heavy atom. The second kappa shape index (κ2) is 14.3. The van der Waals surface area contributed by atoms with Crippen molar-refractivity contribution >= 4 is 46.3 Å². The average Bonchev–Trinajstić information content (AvgIpc) is 3.21. The van der Waals surface area contributed by atoms with Crippen molar-refractivity contribution in [3.05, 3.63) is 50.7 Å². The van der Waals surface area contributed by atoms with Crippen LogP contribution in [0.5, 0.6) is 0 Å². The Kier molecular flexibility index (Phi) is 11.1. The van der Waals surface area contributed by atoms with Crippen LogP contribution in [-0.2, 0) is 31.9 Å². The third-order valence-corrected chi connectivity index (χ3v) is 7.07. The second-order valence-electron chi connectivity index (χ2n) is 8.59. The maximum absolute atomic E-state index is 13.2. The molecule has 36 heavy (non-hydrogen) atoms. The monoisotopic (exact) mass is 536 g/mol. The summed E-state index contributed by atoms with van der Waals surface area (Å²) >= 11 is 7.09. The molecule has 196 valence electrons. The number of hydrogen-bond acceptors (Lipinski definition) is 7. The average molecular weight is 537 g/mol. The van der Waals surface area contributed by atoms with E-state index in [0.717, 1.165) is 37.3 Å². The highest BCUT2D eigenvalue weighted by Gasteiger charge is 2.23. The van der Waals surface area contributed by atoms with Crippen molar-refractivity contribution in [2.24, 2.45) is 0 Å². The number of methoxy groups -OCH3 is 1. The molecule has 0 radical (unpaired) electrons. The first kappa shape index (κ1) is 28.1. The van der Waals surface area contributed by atoms with E-state index in [1.165, 1.54) is 11.1 Å². The Labute approximate surface area is 220 Å². The van der Waals surface area contributed by atoms with E-state index in [-0.39, 0.29) is 31.4 Å². The smallest absolute Gasteiger partial charge is 0.262 e. The van der Waals surface area contributed by atoms with Crippen molar-refractivity contribution in [3.63, 3.8) is 0 Å². The van der Waals surface area contributed by atoms with E-state index >= 15 is 0 Å². The van der Waals surface area contributed by atoms with Crippen LogP contribution in [0.4, 0.5) is 5.69 Å². The molecule has 0 bridgehead atoms.